The quantitative estimate of drug-likeness (QED) is 0.890. The number of aromatic nitrogens is 1. The molecule has 2 N–H and O–H groups in total. The van der Waals surface area contributed by atoms with Gasteiger partial charge in [0.1, 0.15) is 10.8 Å². The first-order valence-corrected chi connectivity index (χ1v) is 7.77. The molecule has 0 aliphatic rings. The molecule has 4 heteroatoms. The standard InChI is InChI=1S/C16H22N2OS/c1-6-17-11(4)15-12(5)18-16(20-15)13-7-9(2)14(19)10(3)8-13/h7-8,11,17,19H,6H2,1-5H3. The van der Waals surface area contributed by atoms with Crippen molar-refractivity contribution in [1.82, 2.24) is 10.3 Å². The Kier molecular flexibility index (Phi) is 4.45. The zero-order valence-electron chi connectivity index (χ0n) is 12.7. The molecule has 0 amide bonds. The molecular formula is C16H22N2OS. The number of hydrogen-bond donors (Lipinski definition) is 2. The molecule has 0 spiro atoms. The van der Waals surface area contributed by atoms with Gasteiger partial charge in [-0.15, -0.1) is 11.3 Å². The predicted octanol–water partition coefficient (Wildman–Crippen LogP) is 4.11. The number of nitrogens with one attached hydrogen (secondary N) is 1. The zero-order valence-corrected chi connectivity index (χ0v) is 13.6. The minimum Gasteiger partial charge on any atom is -0.507 e. The van der Waals surface area contributed by atoms with Crippen molar-refractivity contribution in [3.63, 3.8) is 0 Å². The highest BCUT2D eigenvalue weighted by atomic mass is 32.1. The summed E-state index contributed by atoms with van der Waals surface area (Å²) in [5.41, 5.74) is 3.96. The van der Waals surface area contributed by atoms with Crippen LogP contribution < -0.4 is 5.32 Å². The first-order chi connectivity index (χ1) is 9.43. The molecule has 0 bridgehead atoms. The summed E-state index contributed by atoms with van der Waals surface area (Å²) in [4.78, 5) is 5.98. The van der Waals surface area contributed by atoms with E-state index in [1.165, 1.54) is 4.88 Å². The molecule has 1 aromatic carbocycles. The van der Waals surface area contributed by atoms with Gasteiger partial charge in [0, 0.05) is 16.5 Å². The van der Waals surface area contributed by atoms with Gasteiger partial charge in [0.25, 0.3) is 0 Å². The van der Waals surface area contributed by atoms with Crippen molar-refractivity contribution in [2.75, 3.05) is 6.54 Å². The van der Waals surface area contributed by atoms with Crippen LogP contribution in [-0.2, 0) is 0 Å². The molecule has 1 atom stereocenters. The molecule has 2 aromatic rings. The van der Waals surface area contributed by atoms with E-state index in [2.05, 4.69) is 26.1 Å². The molecule has 1 heterocycles. The second kappa shape index (κ2) is 5.94. The number of rotatable bonds is 4. The molecule has 0 fully saturated rings. The second-order valence-corrected chi connectivity index (χ2v) is 6.24. The van der Waals surface area contributed by atoms with Crippen LogP contribution >= 0.6 is 11.3 Å². The molecule has 0 saturated carbocycles. The van der Waals surface area contributed by atoms with E-state index in [1.54, 1.807) is 11.3 Å². The van der Waals surface area contributed by atoms with E-state index < -0.39 is 0 Å². The van der Waals surface area contributed by atoms with Crippen LogP contribution in [0.15, 0.2) is 12.1 Å². The van der Waals surface area contributed by atoms with E-state index in [1.807, 2.05) is 26.0 Å². The zero-order chi connectivity index (χ0) is 14.9. The second-order valence-electron chi connectivity index (χ2n) is 5.21. The van der Waals surface area contributed by atoms with Crippen molar-refractivity contribution in [3.8, 4) is 16.3 Å². The first kappa shape index (κ1) is 15.0. The van der Waals surface area contributed by atoms with Crippen LogP contribution in [0.2, 0.25) is 0 Å². The molecular weight excluding hydrogens is 268 g/mol. The fourth-order valence-corrected chi connectivity index (χ4v) is 3.49. The lowest BCUT2D eigenvalue weighted by Gasteiger charge is -2.10. The predicted molar refractivity (Wildman–Crippen MR) is 85.5 cm³/mol. The lowest BCUT2D eigenvalue weighted by atomic mass is 10.1. The Balaban J connectivity index is 2.42. The number of phenolic OH excluding ortho intramolecular Hbond substituents is 1. The van der Waals surface area contributed by atoms with Crippen molar-refractivity contribution >= 4 is 11.3 Å². The Morgan fingerprint density at radius 3 is 2.40 bits per heavy atom. The van der Waals surface area contributed by atoms with Crippen LogP contribution in [0.3, 0.4) is 0 Å². The van der Waals surface area contributed by atoms with Gasteiger partial charge in [0.2, 0.25) is 0 Å². The van der Waals surface area contributed by atoms with Gasteiger partial charge in [0.15, 0.2) is 0 Å². The number of phenols is 1. The van der Waals surface area contributed by atoms with Gasteiger partial charge in [-0.05, 0) is 57.5 Å². The van der Waals surface area contributed by atoms with Crippen LogP contribution in [0.1, 0.15) is 41.6 Å². The van der Waals surface area contributed by atoms with Crippen molar-refractivity contribution < 1.29 is 5.11 Å². The maximum absolute atomic E-state index is 9.87. The number of hydrogen-bond acceptors (Lipinski definition) is 4. The van der Waals surface area contributed by atoms with E-state index in [-0.39, 0.29) is 0 Å². The summed E-state index contributed by atoms with van der Waals surface area (Å²) in [5, 5.41) is 14.3. The van der Waals surface area contributed by atoms with Crippen molar-refractivity contribution in [2.24, 2.45) is 0 Å². The molecule has 0 radical (unpaired) electrons. The molecule has 1 aromatic heterocycles. The van der Waals surface area contributed by atoms with Gasteiger partial charge < -0.3 is 10.4 Å². The summed E-state index contributed by atoms with van der Waals surface area (Å²) in [6, 6.07) is 4.33. The van der Waals surface area contributed by atoms with E-state index >= 15 is 0 Å². The third-order valence-corrected chi connectivity index (χ3v) is 4.86. The maximum atomic E-state index is 9.87. The fraction of sp³-hybridized carbons (Fsp3) is 0.438. The fourth-order valence-electron chi connectivity index (χ4n) is 2.41. The topological polar surface area (TPSA) is 45.1 Å². The monoisotopic (exact) mass is 290 g/mol. The highest BCUT2D eigenvalue weighted by Gasteiger charge is 2.15. The van der Waals surface area contributed by atoms with Gasteiger partial charge in [-0.25, -0.2) is 4.98 Å². The molecule has 3 nitrogen and oxygen atoms in total. The SMILES string of the molecule is CCNC(C)c1sc(-c2cc(C)c(O)c(C)c2)nc1C. The molecule has 0 aliphatic carbocycles. The van der Waals surface area contributed by atoms with Crippen LogP contribution in [0.25, 0.3) is 10.6 Å². The molecule has 108 valence electrons. The normalized spacial score (nSPS) is 12.7. The Bertz CT molecular complexity index is 596. The molecule has 1 unspecified atom stereocenters. The van der Waals surface area contributed by atoms with Crippen LogP contribution in [0.5, 0.6) is 5.75 Å². The summed E-state index contributed by atoms with van der Waals surface area (Å²) >= 11 is 1.73. The van der Waals surface area contributed by atoms with E-state index in [0.717, 1.165) is 33.9 Å². The van der Waals surface area contributed by atoms with Gasteiger partial charge in [-0.2, -0.15) is 0 Å². The Morgan fingerprint density at radius 1 is 1.25 bits per heavy atom. The third kappa shape index (κ3) is 2.86. The largest absolute Gasteiger partial charge is 0.507 e. The number of aryl methyl sites for hydroxylation is 3. The van der Waals surface area contributed by atoms with E-state index in [9.17, 15) is 5.11 Å². The average Bonchev–Trinajstić information content (AvgIpc) is 2.78. The van der Waals surface area contributed by atoms with Crippen molar-refractivity contribution in [3.05, 3.63) is 33.8 Å². The van der Waals surface area contributed by atoms with E-state index in [4.69, 9.17) is 4.98 Å². The summed E-state index contributed by atoms with van der Waals surface area (Å²) < 4.78 is 0. The van der Waals surface area contributed by atoms with Gasteiger partial charge in [0.05, 0.1) is 5.69 Å². The minimum atomic E-state index is 0.325. The van der Waals surface area contributed by atoms with Crippen molar-refractivity contribution in [1.29, 1.82) is 0 Å². The molecule has 2 rings (SSSR count). The Morgan fingerprint density at radius 2 is 1.85 bits per heavy atom. The summed E-state index contributed by atoms with van der Waals surface area (Å²) in [6.45, 7) is 11.1. The minimum absolute atomic E-state index is 0.325. The number of aromatic hydroxyl groups is 1. The summed E-state index contributed by atoms with van der Waals surface area (Å²) in [6.07, 6.45) is 0. The lowest BCUT2D eigenvalue weighted by Crippen LogP contribution is -2.17. The maximum Gasteiger partial charge on any atom is 0.123 e. The average molecular weight is 290 g/mol. The summed E-state index contributed by atoms with van der Waals surface area (Å²) in [7, 11) is 0. The Hall–Kier alpha value is -1.39. The number of thiazole rings is 1. The van der Waals surface area contributed by atoms with Crippen molar-refractivity contribution in [2.45, 2.75) is 40.7 Å². The molecule has 0 saturated heterocycles. The smallest absolute Gasteiger partial charge is 0.123 e. The molecule has 20 heavy (non-hydrogen) atoms. The first-order valence-electron chi connectivity index (χ1n) is 6.95. The van der Waals surface area contributed by atoms with E-state index in [0.29, 0.717) is 11.8 Å². The highest BCUT2D eigenvalue weighted by Crippen LogP contribution is 2.34. The van der Waals surface area contributed by atoms with Gasteiger partial charge in [-0.1, -0.05) is 6.92 Å². The van der Waals surface area contributed by atoms with Crippen LogP contribution in [-0.4, -0.2) is 16.6 Å². The molecule has 0 aliphatic heterocycles. The van der Waals surface area contributed by atoms with Gasteiger partial charge >= 0.3 is 0 Å². The van der Waals surface area contributed by atoms with Crippen LogP contribution in [0, 0.1) is 20.8 Å². The van der Waals surface area contributed by atoms with Gasteiger partial charge in [-0.3, -0.25) is 0 Å². The lowest BCUT2D eigenvalue weighted by molar-refractivity contribution is 0.467. The Labute approximate surface area is 124 Å². The third-order valence-electron chi connectivity index (χ3n) is 3.47. The van der Waals surface area contributed by atoms with Crippen LogP contribution in [0.4, 0.5) is 0 Å². The highest BCUT2D eigenvalue weighted by molar-refractivity contribution is 7.15. The number of benzene rings is 1. The summed E-state index contributed by atoms with van der Waals surface area (Å²) in [5.74, 6) is 0.378. The number of nitrogens with zero attached hydrogens (tertiary/aromatic N) is 1.